The molecule has 21 heavy (non-hydrogen) atoms. The predicted octanol–water partition coefficient (Wildman–Crippen LogP) is 3.99. The summed E-state index contributed by atoms with van der Waals surface area (Å²) in [6.07, 6.45) is 8.08. The zero-order valence-corrected chi connectivity index (χ0v) is 12.2. The van der Waals surface area contributed by atoms with Crippen LogP contribution in [0.2, 0.25) is 0 Å². The highest BCUT2D eigenvalue weighted by atomic mass is 15.3. The van der Waals surface area contributed by atoms with Gasteiger partial charge in [0.15, 0.2) is 0 Å². The van der Waals surface area contributed by atoms with Gasteiger partial charge in [0.2, 0.25) is 0 Å². The van der Waals surface area contributed by atoms with Gasteiger partial charge in [-0.3, -0.25) is 0 Å². The summed E-state index contributed by atoms with van der Waals surface area (Å²) >= 11 is 0. The van der Waals surface area contributed by atoms with Crippen molar-refractivity contribution < 1.29 is 0 Å². The average molecular weight is 284 g/mol. The maximum atomic E-state index is 4.13. The molecule has 1 aromatic heterocycles. The molecule has 6 nitrogen and oxygen atoms in total. The van der Waals surface area contributed by atoms with E-state index in [-0.39, 0.29) is 0 Å². The molecule has 0 saturated heterocycles. The topological polar surface area (TPSA) is 69.5 Å². The summed E-state index contributed by atoms with van der Waals surface area (Å²) in [7, 11) is 2.18. The van der Waals surface area contributed by atoms with Crippen LogP contribution in [0.3, 0.4) is 0 Å². The number of nitrogens with zero attached hydrogens (tertiary/aromatic N) is 5. The van der Waals surface area contributed by atoms with Crippen LogP contribution in [-0.2, 0) is 0 Å². The molecule has 1 heterocycles. The van der Waals surface area contributed by atoms with Crippen molar-refractivity contribution in [3.05, 3.63) is 30.6 Å². The fourth-order valence-corrected chi connectivity index (χ4v) is 2.79. The van der Waals surface area contributed by atoms with Gasteiger partial charge in [-0.15, -0.1) is 10.2 Å². The first kappa shape index (κ1) is 13.7. The van der Waals surface area contributed by atoms with Crippen molar-refractivity contribution in [1.29, 1.82) is 0 Å². The molecule has 1 N–H and O–H groups in total. The number of H-pyrrole nitrogens is 1. The molecule has 0 atom stereocenters. The SMILES string of the molecule is CN(c1ccc(N=Nc2ncn[nH]2)cc1)C1CCCCC1. The van der Waals surface area contributed by atoms with Gasteiger partial charge in [0.25, 0.3) is 5.95 Å². The number of rotatable bonds is 4. The van der Waals surface area contributed by atoms with Crippen LogP contribution in [0.5, 0.6) is 0 Å². The lowest BCUT2D eigenvalue weighted by molar-refractivity contribution is 0.427. The van der Waals surface area contributed by atoms with Gasteiger partial charge < -0.3 is 4.90 Å². The van der Waals surface area contributed by atoms with E-state index in [9.17, 15) is 0 Å². The number of hydrogen-bond donors (Lipinski definition) is 1. The Morgan fingerprint density at radius 3 is 2.52 bits per heavy atom. The minimum Gasteiger partial charge on any atom is -0.372 e. The summed E-state index contributed by atoms with van der Waals surface area (Å²) < 4.78 is 0. The van der Waals surface area contributed by atoms with Gasteiger partial charge in [0, 0.05) is 18.8 Å². The van der Waals surface area contributed by atoms with Crippen LogP contribution in [0.1, 0.15) is 32.1 Å². The smallest absolute Gasteiger partial charge is 0.264 e. The Bertz CT molecular complexity index is 569. The van der Waals surface area contributed by atoms with Crippen LogP contribution in [0.15, 0.2) is 40.8 Å². The number of anilines is 1. The molecular formula is C15H20N6. The number of azo groups is 1. The zero-order chi connectivity index (χ0) is 14.5. The summed E-state index contributed by atoms with van der Waals surface area (Å²) in [4.78, 5) is 6.29. The monoisotopic (exact) mass is 284 g/mol. The molecule has 1 fully saturated rings. The van der Waals surface area contributed by atoms with E-state index in [1.54, 1.807) is 0 Å². The van der Waals surface area contributed by atoms with Gasteiger partial charge in [-0.1, -0.05) is 19.3 Å². The highest BCUT2D eigenvalue weighted by Gasteiger charge is 2.18. The van der Waals surface area contributed by atoms with E-state index >= 15 is 0 Å². The van der Waals surface area contributed by atoms with Crippen molar-refractivity contribution in [3.8, 4) is 0 Å². The second kappa shape index (κ2) is 6.47. The van der Waals surface area contributed by atoms with E-state index in [0.29, 0.717) is 12.0 Å². The minimum atomic E-state index is 0.415. The molecular weight excluding hydrogens is 264 g/mol. The van der Waals surface area contributed by atoms with Crippen LogP contribution in [-0.4, -0.2) is 28.3 Å². The Kier molecular flexibility index (Phi) is 4.23. The first-order valence-electron chi connectivity index (χ1n) is 7.43. The lowest BCUT2D eigenvalue weighted by atomic mass is 9.94. The third kappa shape index (κ3) is 3.45. The van der Waals surface area contributed by atoms with Gasteiger partial charge >= 0.3 is 0 Å². The van der Waals surface area contributed by atoms with E-state index in [2.05, 4.69) is 49.5 Å². The highest BCUT2D eigenvalue weighted by Crippen LogP contribution is 2.27. The summed E-state index contributed by atoms with van der Waals surface area (Å²) in [5.41, 5.74) is 2.05. The fraction of sp³-hybridized carbons (Fsp3) is 0.467. The van der Waals surface area contributed by atoms with Crippen LogP contribution in [0, 0.1) is 0 Å². The summed E-state index contributed by atoms with van der Waals surface area (Å²) in [6, 6.07) is 8.83. The van der Waals surface area contributed by atoms with Crippen LogP contribution in [0.25, 0.3) is 0 Å². The molecule has 3 rings (SSSR count). The molecule has 0 radical (unpaired) electrons. The van der Waals surface area contributed by atoms with Crippen LogP contribution in [0.4, 0.5) is 17.3 Å². The Hall–Kier alpha value is -2.24. The third-order valence-electron chi connectivity index (χ3n) is 4.04. The van der Waals surface area contributed by atoms with Crippen molar-refractivity contribution in [1.82, 2.24) is 15.2 Å². The van der Waals surface area contributed by atoms with Gasteiger partial charge in [-0.05, 0) is 37.1 Å². The molecule has 110 valence electrons. The van der Waals surface area contributed by atoms with Crippen molar-refractivity contribution >= 4 is 17.3 Å². The third-order valence-corrected chi connectivity index (χ3v) is 4.04. The standard InChI is InChI=1S/C15H20N6/c1-21(13-5-3-2-4-6-13)14-9-7-12(8-10-14)18-20-15-16-11-17-19-15/h7-11,13H,2-6H2,1H3,(H,16,17,19). The molecule has 1 aromatic carbocycles. The number of aromatic amines is 1. The number of benzene rings is 1. The van der Waals surface area contributed by atoms with Crippen molar-refractivity contribution in [3.63, 3.8) is 0 Å². The van der Waals surface area contributed by atoms with Crippen molar-refractivity contribution in [2.45, 2.75) is 38.1 Å². The predicted molar refractivity (Wildman–Crippen MR) is 82.3 cm³/mol. The van der Waals surface area contributed by atoms with Gasteiger partial charge in [-0.25, -0.2) is 5.10 Å². The minimum absolute atomic E-state index is 0.415. The second-order valence-corrected chi connectivity index (χ2v) is 5.43. The summed E-state index contributed by atoms with van der Waals surface area (Å²) in [5.74, 6) is 0.415. The van der Waals surface area contributed by atoms with E-state index < -0.39 is 0 Å². The molecule has 1 aliphatic carbocycles. The zero-order valence-electron chi connectivity index (χ0n) is 12.2. The Balaban J connectivity index is 1.65. The Labute approximate surface area is 124 Å². The Morgan fingerprint density at radius 2 is 1.86 bits per heavy atom. The molecule has 0 amide bonds. The summed E-state index contributed by atoms with van der Waals surface area (Å²) in [5, 5.41) is 14.5. The first-order valence-corrected chi connectivity index (χ1v) is 7.43. The molecule has 0 bridgehead atoms. The lowest BCUT2D eigenvalue weighted by Gasteiger charge is -2.33. The quantitative estimate of drug-likeness (QED) is 0.863. The maximum absolute atomic E-state index is 4.13. The first-order chi connectivity index (χ1) is 10.3. The normalized spacial score (nSPS) is 16.4. The molecule has 2 aromatic rings. The number of nitrogens with one attached hydrogen (secondary N) is 1. The van der Waals surface area contributed by atoms with Crippen LogP contribution >= 0.6 is 0 Å². The molecule has 0 spiro atoms. The maximum Gasteiger partial charge on any atom is 0.264 e. The fourth-order valence-electron chi connectivity index (χ4n) is 2.79. The number of aromatic nitrogens is 3. The van der Waals surface area contributed by atoms with Crippen molar-refractivity contribution in [2.75, 3.05) is 11.9 Å². The molecule has 0 unspecified atom stereocenters. The van der Waals surface area contributed by atoms with E-state index in [1.807, 2.05) is 12.1 Å². The van der Waals surface area contributed by atoms with E-state index in [1.165, 1.54) is 44.1 Å². The average Bonchev–Trinajstić information content (AvgIpc) is 3.07. The van der Waals surface area contributed by atoms with E-state index in [0.717, 1.165) is 5.69 Å². The second-order valence-electron chi connectivity index (χ2n) is 5.43. The molecule has 1 saturated carbocycles. The van der Waals surface area contributed by atoms with Gasteiger partial charge in [0.05, 0.1) is 5.69 Å². The molecule has 0 aliphatic heterocycles. The molecule has 1 aliphatic rings. The van der Waals surface area contributed by atoms with Crippen LogP contribution < -0.4 is 4.90 Å². The number of hydrogen-bond acceptors (Lipinski definition) is 5. The summed E-state index contributed by atoms with van der Waals surface area (Å²) in [6.45, 7) is 0. The van der Waals surface area contributed by atoms with Crippen molar-refractivity contribution in [2.24, 2.45) is 10.2 Å². The largest absolute Gasteiger partial charge is 0.372 e. The van der Waals surface area contributed by atoms with Gasteiger partial charge in [-0.2, -0.15) is 10.1 Å². The van der Waals surface area contributed by atoms with Gasteiger partial charge in [0.1, 0.15) is 6.33 Å². The highest BCUT2D eigenvalue weighted by molar-refractivity contribution is 5.52. The Morgan fingerprint density at radius 1 is 1.10 bits per heavy atom. The lowest BCUT2D eigenvalue weighted by Crippen LogP contribution is -2.33. The molecule has 6 heteroatoms. The van der Waals surface area contributed by atoms with E-state index in [4.69, 9.17) is 0 Å².